The Balaban J connectivity index is 1.74. The SMILES string of the molecule is CC(O)CNCCc1ccc(NCC(O)c2ccccc2)cc1. The van der Waals surface area contributed by atoms with Gasteiger partial charge in [0.2, 0.25) is 0 Å². The molecule has 0 amide bonds. The zero-order valence-electron chi connectivity index (χ0n) is 13.6. The van der Waals surface area contributed by atoms with E-state index in [-0.39, 0.29) is 6.10 Å². The number of anilines is 1. The number of rotatable bonds is 9. The third-order valence-corrected chi connectivity index (χ3v) is 3.67. The van der Waals surface area contributed by atoms with Crippen LogP contribution in [0.15, 0.2) is 54.6 Å². The average molecular weight is 314 g/mol. The number of benzene rings is 2. The third-order valence-electron chi connectivity index (χ3n) is 3.67. The third kappa shape index (κ3) is 6.40. The van der Waals surface area contributed by atoms with E-state index in [1.165, 1.54) is 5.56 Å². The largest absolute Gasteiger partial charge is 0.392 e. The van der Waals surface area contributed by atoms with E-state index in [1.807, 2.05) is 42.5 Å². The van der Waals surface area contributed by atoms with E-state index in [0.29, 0.717) is 13.1 Å². The second kappa shape index (κ2) is 9.30. The molecule has 0 aliphatic rings. The highest BCUT2D eigenvalue weighted by Gasteiger charge is 2.06. The molecule has 0 aliphatic carbocycles. The van der Waals surface area contributed by atoms with Gasteiger partial charge in [-0.25, -0.2) is 0 Å². The molecule has 0 saturated heterocycles. The van der Waals surface area contributed by atoms with Crippen molar-refractivity contribution < 1.29 is 10.2 Å². The molecule has 2 rings (SSSR count). The molecule has 0 aromatic heterocycles. The van der Waals surface area contributed by atoms with Gasteiger partial charge in [0, 0.05) is 18.8 Å². The monoisotopic (exact) mass is 314 g/mol. The summed E-state index contributed by atoms with van der Waals surface area (Å²) in [7, 11) is 0. The molecule has 2 aromatic rings. The van der Waals surface area contributed by atoms with Crippen LogP contribution in [0.25, 0.3) is 0 Å². The lowest BCUT2D eigenvalue weighted by Gasteiger charge is -2.13. The van der Waals surface area contributed by atoms with Gasteiger partial charge in [-0.05, 0) is 43.1 Å². The van der Waals surface area contributed by atoms with Crippen molar-refractivity contribution in [3.8, 4) is 0 Å². The van der Waals surface area contributed by atoms with Gasteiger partial charge in [-0.1, -0.05) is 42.5 Å². The van der Waals surface area contributed by atoms with Crippen LogP contribution in [0, 0.1) is 0 Å². The maximum atomic E-state index is 10.1. The van der Waals surface area contributed by atoms with Crippen LogP contribution < -0.4 is 10.6 Å². The second-order valence-corrected chi connectivity index (χ2v) is 5.81. The second-order valence-electron chi connectivity index (χ2n) is 5.81. The number of hydrogen-bond acceptors (Lipinski definition) is 4. The Morgan fingerprint density at radius 1 is 0.913 bits per heavy atom. The van der Waals surface area contributed by atoms with E-state index in [2.05, 4.69) is 22.8 Å². The van der Waals surface area contributed by atoms with Gasteiger partial charge in [-0.15, -0.1) is 0 Å². The molecular formula is C19H26N2O2. The van der Waals surface area contributed by atoms with Crippen molar-refractivity contribution in [2.45, 2.75) is 25.6 Å². The first-order chi connectivity index (χ1) is 11.1. The molecular weight excluding hydrogens is 288 g/mol. The first-order valence-electron chi connectivity index (χ1n) is 8.10. The first kappa shape index (κ1) is 17.5. The Hall–Kier alpha value is -1.88. The summed E-state index contributed by atoms with van der Waals surface area (Å²) >= 11 is 0. The summed E-state index contributed by atoms with van der Waals surface area (Å²) in [4.78, 5) is 0. The lowest BCUT2D eigenvalue weighted by molar-refractivity contribution is 0.191. The molecule has 0 radical (unpaired) electrons. The highest BCUT2D eigenvalue weighted by atomic mass is 16.3. The molecule has 0 bridgehead atoms. The summed E-state index contributed by atoms with van der Waals surface area (Å²) in [5, 5.41) is 25.8. The van der Waals surface area contributed by atoms with Crippen molar-refractivity contribution in [3.05, 3.63) is 65.7 Å². The smallest absolute Gasteiger partial charge is 0.0962 e. The predicted octanol–water partition coefficient (Wildman–Crippen LogP) is 2.34. The lowest BCUT2D eigenvalue weighted by Crippen LogP contribution is -2.26. The maximum absolute atomic E-state index is 10.1. The molecule has 4 N–H and O–H groups in total. The number of aliphatic hydroxyl groups is 2. The molecule has 2 atom stereocenters. The minimum absolute atomic E-state index is 0.308. The van der Waals surface area contributed by atoms with Crippen LogP contribution >= 0.6 is 0 Å². The topological polar surface area (TPSA) is 64.5 Å². The van der Waals surface area contributed by atoms with Crippen LogP contribution in [0.5, 0.6) is 0 Å². The Kier molecular flexibility index (Phi) is 7.07. The molecule has 23 heavy (non-hydrogen) atoms. The van der Waals surface area contributed by atoms with Crippen LogP contribution in [0.4, 0.5) is 5.69 Å². The molecule has 2 aromatic carbocycles. The highest BCUT2D eigenvalue weighted by molar-refractivity contribution is 5.45. The summed E-state index contributed by atoms with van der Waals surface area (Å²) in [5.41, 5.74) is 3.17. The van der Waals surface area contributed by atoms with Gasteiger partial charge in [0.1, 0.15) is 0 Å². The quantitative estimate of drug-likeness (QED) is 0.537. The minimum Gasteiger partial charge on any atom is -0.392 e. The zero-order valence-corrected chi connectivity index (χ0v) is 13.6. The number of aliphatic hydroxyl groups excluding tert-OH is 2. The molecule has 0 heterocycles. The van der Waals surface area contributed by atoms with E-state index < -0.39 is 6.10 Å². The standard InChI is InChI=1S/C19H26N2O2/c1-15(22)13-20-12-11-16-7-9-18(10-8-16)21-14-19(23)17-5-3-2-4-6-17/h2-10,15,19-23H,11-14H2,1H3. The molecule has 4 heteroatoms. The van der Waals surface area contributed by atoms with Gasteiger partial charge in [-0.3, -0.25) is 0 Å². The fraction of sp³-hybridized carbons (Fsp3) is 0.368. The summed E-state index contributed by atoms with van der Waals surface area (Å²) in [6, 6.07) is 17.9. The van der Waals surface area contributed by atoms with Gasteiger partial charge in [0.25, 0.3) is 0 Å². The van der Waals surface area contributed by atoms with Crippen molar-refractivity contribution in [2.75, 3.05) is 25.0 Å². The zero-order chi connectivity index (χ0) is 16.5. The Morgan fingerprint density at radius 3 is 2.26 bits per heavy atom. The number of nitrogens with one attached hydrogen (secondary N) is 2. The van der Waals surface area contributed by atoms with E-state index in [1.54, 1.807) is 6.92 Å². The van der Waals surface area contributed by atoms with Gasteiger partial charge >= 0.3 is 0 Å². The molecule has 0 fully saturated rings. The normalized spacial score (nSPS) is 13.5. The average Bonchev–Trinajstić information content (AvgIpc) is 2.58. The predicted molar refractivity (Wildman–Crippen MR) is 94.6 cm³/mol. The first-order valence-corrected chi connectivity index (χ1v) is 8.10. The van der Waals surface area contributed by atoms with Crippen LogP contribution in [0.1, 0.15) is 24.2 Å². The van der Waals surface area contributed by atoms with Crippen molar-refractivity contribution in [2.24, 2.45) is 0 Å². The van der Waals surface area contributed by atoms with Gasteiger partial charge in [0.05, 0.1) is 12.2 Å². The van der Waals surface area contributed by atoms with Crippen molar-refractivity contribution >= 4 is 5.69 Å². The fourth-order valence-corrected chi connectivity index (χ4v) is 2.34. The minimum atomic E-state index is -0.513. The van der Waals surface area contributed by atoms with E-state index in [0.717, 1.165) is 24.2 Å². The molecule has 124 valence electrons. The molecule has 0 aliphatic heterocycles. The Bertz CT molecular complexity index is 555. The van der Waals surface area contributed by atoms with Crippen LogP contribution in [0.2, 0.25) is 0 Å². The Morgan fingerprint density at radius 2 is 1.61 bits per heavy atom. The highest BCUT2D eigenvalue weighted by Crippen LogP contribution is 2.15. The van der Waals surface area contributed by atoms with Gasteiger partial charge in [0.15, 0.2) is 0 Å². The molecule has 4 nitrogen and oxygen atoms in total. The fourth-order valence-electron chi connectivity index (χ4n) is 2.34. The van der Waals surface area contributed by atoms with Crippen molar-refractivity contribution in [1.29, 1.82) is 0 Å². The summed E-state index contributed by atoms with van der Waals surface area (Å²) in [5.74, 6) is 0. The molecule has 0 spiro atoms. The van der Waals surface area contributed by atoms with E-state index >= 15 is 0 Å². The Labute approximate surface area is 138 Å². The van der Waals surface area contributed by atoms with Gasteiger partial charge < -0.3 is 20.8 Å². The summed E-state index contributed by atoms with van der Waals surface area (Å²) in [6.07, 6.45) is 0.109. The van der Waals surface area contributed by atoms with Crippen LogP contribution in [-0.4, -0.2) is 36.0 Å². The lowest BCUT2D eigenvalue weighted by atomic mass is 10.1. The maximum Gasteiger partial charge on any atom is 0.0962 e. The van der Waals surface area contributed by atoms with Crippen LogP contribution in [-0.2, 0) is 6.42 Å². The summed E-state index contributed by atoms with van der Waals surface area (Å²) < 4.78 is 0. The van der Waals surface area contributed by atoms with Crippen LogP contribution in [0.3, 0.4) is 0 Å². The van der Waals surface area contributed by atoms with Crippen molar-refractivity contribution in [3.63, 3.8) is 0 Å². The van der Waals surface area contributed by atoms with Gasteiger partial charge in [-0.2, -0.15) is 0 Å². The summed E-state index contributed by atoms with van der Waals surface area (Å²) in [6.45, 7) is 3.73. The molecule has 0 saturated carbocycles. The number of hydrogen-bond donors (Lipinski definition) is 4. The molecule has 2 unspecified atom stereocenters. The van der Waals surface area contributed by atoms with Crippen molar-refractivity contribution in [1.82, 2.24) is 5.32 Å². The van der Waals surface area contributed by atoms with E-state index in [9.17, 15) is 10.2 Å². The van der Waals surface area contributed by atoms with E-state index in [4.69, 9.17) is 0 Å².